The summed E-state index contributed by atoms with van der Waals surface area (Å²) >= 11 is 1.44. The maximum atomic E-state index is 13.2. The molecule has 1 unspecified atom stereocenters. The number of hydrogen-bond donors (Lipinski definition) is 0. The Hall–Kier alpha value is -1.37. The zero-order valence-corrected chi connectivity index (χ0v) is 18.5. The average molecular weight is 410 g/mol. The Balaban J connectivity index is 2.21. The van der Waals surface area contributed by atoms with Crippen molar-refractivity contribution in [3.8, 4) is 0 Å². The summed E-state index contributed by atoms with van der Waals surface area (Å²) in [5, 5.41) is 8.67. The third-order valence-electron chi connectivity index (χ3n) is 5.18. The Bertz CT molecular complexity index is 608. The Kier molecular flexibility index (Phi) is 9.48. The SMILES string of the molecule is CC(C)CC(C(=O)c1nnc(SC(C)C)o1)N(C=O)C1CCCCCCCC1. The van der Waals surface area contributed by atoms with Gasteiger partial charge in [-0.05, 0) is 25.2 Å². The van der Waals surface area contributed by atoms with Crippen LogP contribution in [-0.4, -0.2) is 44.6 Å². The predicted octanol–water partition coefficient (Wildman–Crippen LogP) is 5.13. The highest BCUT2D eigenvalue weighted by atomic mass is 32.2. The number of Topliss-reactive ketones (excluding diaryl/α,β-unsaturated/α-hetero) is 1. The molecule has 28 heavy (non-hydrogen) atoms. The van der Waals surface area contributed by atoms with Crippen molar-refractivity contribution < 1.29 is 14.0 Å². The van der Waals surface area contributed by atoms with Crippen LogP contribution in [0.1, 0.15) is 96.2 Å². The van der Waals surface area contributed by atoms with Gasteiger partial charge in [-0.3, -0.25) is 9.59 Å². The second kappa shape index (κ2) is 11.6. The van der Waals surface area contributed by atoms with Gasteiger partial charge in [0.05, 0.1) is 0 Å². The van der Waals surface area contributed by atoms with E-state index >= 15 is 0 Å². The van der Waals surface area contributed by atoms with Gasteiger partial charge in [0, 0.05) is 11.3 Å². The first-order valence-electron chi connectivity index (χ1n) is 10.7. The fraction of sp³-hybridized carbons (Fsp3) is 0.810. The molecule has 1 amide bonds. The summed E-state index contributed by atoms with van der Waals surface area (Å²) in [7, 11) is 0. The minimum atomic E-state index is -0.541. The predicted molar refractivity (Wildman–Crippen MR) is 111 cm³/mol. The second-order valence-corrected chi connectivity index (χ2v) is 9.98. The molecule has 0 aliphatic heterocycles. The molecule has 1 aromatic heterocycles. The molecular formula is C21H35N3O3S. The molecule has 158 valence electrons. The molecule has 7 heteroatoms. The summed E-state index contributed by atoms with van der Waals surface area (Å²) < 4.78 is 5.61. The van der Waals surface area contributed by atoms with Crippen molar-refractivity contribution in [3.05, 3.63) is 5.89 Å². The van der Waals surface area contributed by atoms with Gasteiger partial charge in [0.15, 0.2) is 0 Å². The highest BCUT2D eigenvalue weighted by Gasteiger charge is 2.34. The van der Waals surface area contributed by atoms with Crippen molar-refractivity contribution in [2.45, 2.75) is 108 Å². The summed E-state index contributed by atoms with van der Waals surface area (Å²) in [5.74, 6) is 0.0626. The minimum Gasteiger partial charge on any atom is -0.408 e. The van der Waals surface area contributed by atoms with E-state index in [-0.39, 0.29) is 23.6 Å². The molecule has 1 heterocycles. The van der Waals surface area contributed by atoms with Gasteiger partial charge in [-0.1, -0.05) is 78.0 Å². The summed E-state index contributed by atoms with van der Waals surface area (Å²) in [6.45, 7) is 8.20. The number of amides is 1. The molecule has 0 saturated heterocycles. The van der Waals surface area contributed by atoms with Gasteiger partial charge in [-0.2, -0.15) is 0 Å². The molecule has 0 radical (unpaired) electrons. The first kappa shape index (κ1) is 22.9. The minimum absolute atomic E-state index is 0.0173. The fourth-order valence-corrected chi connectivity index (χ4v) is 4.45. The summed E-state index contributed by atoms with van der Waals surface area (Å²) in [4.78, 5) is 27.1. The van der Waals surface area contributed by atoms with E-state index in [4.69, 9.17) is 4.42 Å². The number of ketones is 1. The maximum Gasteiger partial charge on any atom is 0.286 e. The molecule has 1 aliphatic carbocycles. The molecule has 1 aromatic rings. The van der Waals surface area contributed by atoms with Gasteiger partial charge in [0.2, 0.25) is 12.2 Å². The Labute approximate surface area is 173 Å². The van der Waals surface area contributed by atoms with Crippen molar-refractivity contribution in [1.29, 1.82) is 0 Å². The van der Waals surface area contributed by atoms with Gasteiger partial charge >= 0.3 is 0 Å². The number of hydrogen-bond acceptors (Lipinski definition) is 6. The molecule has 1 aliphatic rings. The standard InChI is InChI=1S/C21H35N3O3S/c1-15(2)13-18(19(26)20-22-23-21(27-20)28-16(3)4)24(14-25)17-11-9-7-5-6-8-10-12-17/h14-18H,5-13H2,1-4H3. The molecule has 0 spiro atoms. The van der Waals surface area contributed by atoms with Crippen LogP contribution in [0.5, 0.6) is 0 Å². The van der Waals surface area contributed by atoms with E-state index < -0.39 is 6.04 Å². The van der Waals surface area contributed by atoms with Crippen LogP contribution in [0.3, 0.4) is 0 Å². The second-order valence-electron chi connectivity index (χ2n) is 8.45. The van der Waals surface area contributed by atoms with Crippen LogP contribution in [0.2, 0.25) is 0 Å². The van der Waals surface area contributed by atoms with Crippen LogP contribution >= 0.6 is 11.8 Å². The normalized spacial score (nSPS) is 17.8. The highest BCUT2D eigenvalue weighted by Crippen LogP contribution is 2.27. The van der Waals surface area contributed by atoms with Crippen LogP contribution in [0, 0.1) is 5.92 Å². The van der Waals surface area contributed by atoms with Gasteiger partial charge < -0.3 is 9.32 Å². The Morgan fingerprint density at radius 2 is 1.71 bits per heavy atom. The lowest BCUT2D eigenvalue weighted by molar-refractivity contribution is -0.122. The molecule has 0 bridgehead atoms. The summed E-state index contributed by atoms with van der Waals surface area (Å²) in [6.07, 6.45) is 10.5. The van der Waals surface area contributed by atoms with Crippen molar-refractivity contribution in [1.82, 2.24) is 15.1 Å². The monoisotopic (exact) mass is 409 g/mol. The smallest absolute Gasteiger partial charge is 0.286 e. The molecule has 2 rings (SSSR count). The number of carbonyl (C=O) groups is 2. The number of rotatable bonds is 9. The number of carbonyl (C=O) groups excluding carboxylic acids is 2. The lowest BCUT2D eigenvalue weighted by Gasteiger charge is -2.35. The van der Waals surface area contributed by atoms with Crippen LogP contribution in [0.4, 0.5) is 0 Å². The Morgan fingerprint density at radius 1 is 1.11 bits per heavy atom. The van der Waals surface area contributed by atoms with Crippen LogP contribution in [-0.2, 0) is 4.79 Å². The maximum absolute atomic E-state index is 13.2. The van der Waals surface area contributed by atoms with Gasteiger partial charge in [-0.15, -0.1) is 10.2 Å². The van der Waals surface area contributed by atoms with Crippen LogP contribution < -0.4 is 0 Å². The Morgan fingerprint density at radius 3 is 2.25 bits per heavy atom. The third-order valence-corrected chi connectivity index (χ3v) is 6.02. The molecule has 1 fully saturated rings. The first-order chi connectivity index (χ1) is 13.4. The third kappa shape index (κ3) is 6.90. The molecule has 0 aromatic carbocycles. The van der Waals surface area contributed by atoms with E-state index in [9.17, 15) is 9.59 Å². The van der Waals surface area contributed by atoms with Crippen LogP contribution in [0.15, 0.2) is 9.64 Å². The van der Waals surface area contributed by atoms with Crippen molar-refractivity contribution in [2.24, 2.45) is 5.92 Å². The lowest BCUT2D eigenvalue weighted by Crippen LogP contribution is -2.47. The number of thioether (sulfide) groups is 1. The first-order valence-corrected chi connectivity index (χ1v) is 11.6. The zero-order chi connectivity index (χ0) is 20.5. The fourth-order valence-electron chi connectivity index (χ4n) is 3.84. The van der Waals surface area contributed by atoms with Crippen molar-refractivity contribution in [3.63, 3.8) is 0 Å². The highest BCUT2D eigenvalue weighted by molar-refractivity contribution is 7.99. The molecular weight excluding hydrogens is 374 g/mol. The summed E-state index contributed by atoms with van der Waals surface area (Å²) in [6, 6.07) is -0.434. The summed E-state index contributed by atoms with van der Waals surface area (Å²) in [5.41, 5.74) is 0. The molecule has 1 saturated carbocycles. The van der Waals surface area contributed by atoms with E-state index in [0.29, 0.717) is 16.9 Å². The van der Waals surface area contributed by atoms with Crippen LogP contribution in [0.25, 0.3) is 0 Å². The molecule has 0 N–H and O–H groups in total. The van der Waals surface area contributed by atoms with Gasteiger partial charge in [-0.25, -0.2) is 0 Å². The average Bonchev–Trinajstić information content (AvgIpc) is 3.13. The van der Waals surface area contributed by atoms with Gasteiger partial charge in [0.1, 0.15) is 6.04 Å². The van der Waals surface area contributed by atoms with E-state index in [1.807, 2.05) is 13.8 Å². The molecule has 6 nitrogen and oxygen atoms in total. The van der Waals surface area contributed by atoms with E-state index in [1.54, 1.807) is 4.90 Å². The van der Waals surface area contributed by atoms with E-state index in [2.05, 4.69) is 24.0 Å². The van der Waals surface area contributed by atoms with E-state index in [1.165, 1.54) is 37.4 Å². The van der Waals surface area contributed by atoms with Crippen molar-refractivity contribution in [2.75, 3.05) is 0 Å². The zero-order valence-electron chi connectivity index (χ0n) is 17.7. The van der Waals surface area contributed by atoms with Crippen molar-refractivity contribution >= 4 is 24.0 Å². The number of aromatic nitrogens is 2. The van der Waals surface area contributed by atoms with Gasteiger partial charge in [0.25, 0.3) is 11.1 Å². The molecule has 1 atom stereocenters. The lowest BCUT2D eigenvalue weighted by atomic mass is 9.94. The largest absolute Gasteiger partial charge is 0.408 e. The van der Waals surface area contributed by atoms with E-state index in [0.717, 1.165) is 32.1 Å². The quantitative estimate of drug-likeness (QED) is 0.320. The topological polar surface area (TPSA) is 76.3 Å². The number of nitrogens with zero attached hydrogens (tertiary/aromatic N) is 3.